The van der Waals surface area contributed by atoms with Crippen molar-refractivity contribution < 1.29 is 9.47 Å². The molecule has 3 nitrogen and oxygen atoms in total. The molecule has 0 bridgehead atoms. The average Bonchev–Trinajstić information content (AvgIpc) is 2.76. The van der Waals surface area contributed by atoms with Crippen LogP contribution in [0.3, 0.4) is 0 Å². The standard InChI is InChI=1S/C27H33NO2/c1-21-7-10-23(11-8-21)20-30-25-14-12-24(13-15-25)26-16-9-22(2)19-27(26)29-18-6-4-3-5-17-28/h7-16,19H,3-6,17-18,20,28H2,1-2H3. The average molecular weight is 404 g/mol. The van der Waals surface area contributed by atoms with Gasteiger partial charge in [0.25, 0.3) is 0 Å². The first-order chi connectivity index (χ1) is 14.7. The van der Waals surface area contributed by atoms with E-state index in [2.05, 4.69) is 68.4 Å². The number of rotatable bonds is 11. The molecule has 158 valence electrons. The maximum Gasteiger partial charge on any atom is 0.127 e. The second-order valence-electron chi connectivity index (χ2n) is 7.85. The Morgan fingerprint density at radius 2 is 1.40 bits per heavy atom. The molecule has 0 aliphatic rings. The topological polar surface area (TPSA) is 44.5 Å². The monoisotopic (exact) mass is 403 g/mol. The summed E-state index contributed by atoms with van der Waals surface area (Å²) in [6.45, 7) is 6.27. The van der Waals surface area contributed by atoms with Crippen LogP contribution in [-0.2, 0) is 6.61 Å². The molecule has 0 heterocycles. The van der Waals surface area contributed by atoms with Gasteiger partial charge >= 0.3 is 0 Å². The van der Waals surface area contributed by atoms with Gasteiger partial charge in [-0.05, 0) is 68.1 Å². The van der Waals surface area contributed by atoms with Crippen LogP contribution < -0.4 is 15.2 Å². The van der Waals surface area contributed by atoms with Crippen LogP contribution in [0, 0.1) is 13.8 Å². The first-order valence-electron chi connectivity index (χ1n) is 10.9. The molecule has 0 unspecified atom stereocenters. The Hall–Kier alpha value is -2.78. The normalized spacial score (nSPS) is 10.8. The molecule has 2 N–H and O–H groups in total. The second kappa shape index (κ2) is 11.4. The molecule has 3 aromatic rings. The van der Waals surface area contributed by atoms with E-state index in [0.717, 1.165) is 55.0 Å². The first kappa shape index (κ1) is 21.9. The second-order valence-corrected chi connectivity index (χ2v) is 7.85. The Bertz CT molecular complexity index is 901. The van der Waals surface area contributed by atoms with Gasteiger partial charge in [-0.3, -0.25) is 0 Å². The van der Waals surface area contributed by atoms with Crippen molar-refractivity contribution in [3.8, 4) is 22.6 Å². The van der Waals surface area contributed by atoms with Crippen LogP contribution in [0.25, 0.3) is 11.1 Å². The van der Waals surface area contributed by atoms with Crippen molar-refractivity contribution in [3.05, 3.63) is 83.4 Å². The zero-order valence-corrected chi connectivity index (χ0v) is 18.2. The predicted molar refractivity (Wildman–Crippen MR) is 125 cm³/mol. The highest BCUT2D eigenvalue weighted by Crippen LogP contribution is 2.32. The summed E-state index contributed by atoms with van der Waals surface area (Å²) in [5.41, 5.74) is 11.4. The SMILES string of the molecule is Cc1ccc(COc2ccc(-c3ccc(C)cc3OCCCCCCN)cc2)cc1. The minimum atomic E-state index is 0.572. The quantitative estimate of drug-likeness (QED) is 0.374. The Kier molecular flexibility index (Phi) is 8.34. The van der Waals surface area contributed by atoms with Gasteiger partial charge in [0.05, 0.1) is 6.61 Å². The van der Waals surface area contributed by atoms with Crippen molar-refractivity contribution in [1.82, 2.24) is 0 Å². The van der Waals surface area contributed by atoms with Crippen molar-refractivity contribution in [1.29, 1.82) is 0 Å². The third kappa shape index (κ3) is 6.64. The fourth-order valence-electron chi connectivity index (χ4n) is 3.35. The van der Waals surface area contributed by atoms with E-state index >= 15 is 0 Å². The lowest BCUT2D eigenvalue weighted by Gasteiger charge is -2.13. The molecule has 30 heavy (non-hydrogen) atoms. The lowest BCUT2D eigenvalue weighted by atomic mass is 10.0. The Morgan fingerprint density at radius 3 is 2.13 bits per heavy atom. The molecule has 3 heteroatoms. The third-order valence-electron chi connectivity index (χ3n) is 5.18. The maximum absolute atomic E-state index is 6.14. The van der Waals surface area contributed by atoms with Gasteiger partial charge < -0.3 is 15.2 Å². The Balaban J connectivity index is 1.61. The smallest absolute Gasteiger partial charge is 0.127 e. The fourth-order valence-corrected chi connectivity index (χ4v) is 3.35. The van der Waals surface area contributed by atoms with Crippen LogP contribution >= 0.6 is 0 Å². The highest BCUT2D eigenvalue weighted by atomic mass is 16.5. The van der Waals surface area contributed by atoms with Gasteiger partial charge in [0.15, 0.2) is 0 Å². The zero-order valence-electron chi connectivity index (χ0n) is 18.2. The number of benzene rings is 3. The highest BCUT2D eigenvalue weighted by molar-refractivity contribution is 5.71. The minimum absolute atomic E-state index is 0.572. The summed E-state index contributed by atoms with van der Waals surface area (Å²) >= 11 is 0. The van der Waals surface area contributed by atoms with Gasteiger partial charge in [0.1, 0.15) is 18.1 Å². The molecule has 0 fully saturated rings. The maximum atomic E-state index is 6.14. The molecule has 0 saturated heterocycles. The van der Waals surface area contributed by atoms with Gasteiger partial charge in [0, 0.05) is 5.56 Å². The minimum Gasteiger partial charge on any atom is -0.493 e. The summed E-state index contributed by atoms with van der Waals surface area (Å²) in [7, 11) is 0. The molecule has 0 spiro atoms. The molecule has 0 atom stereocenters. The van der Waals surface area contributed by atoms with Crippen LogP contribution in [0.4, 0.5) is 0 Å². The molecule has 0 saturated carbocycles. The van der Waals surface area contributed by atoms with E-state index in [4.69, 9.17) is 15.2 Å². The third-order valence-corrected chi connectivity index (χ3v) is 5.18. The van der Waals surface area contributed by atoms with Gasteiger partial charge in [-0.2, -0.15) is 0 Å². The molecule has 0 amide bonds. The van der Waals surface area contributed by atoms with Crippen molar-refractivity contribution in [2.45, 2.75) is 46.1 Å². The zero-order chi connectivity index (χ0) is 21.2. The number of hydrogen-bond acceptors (Lipinski definition) is 3. The number of unbranched alkanes of at least 4 members (excludes halogenated alkanes) is 3. The van der Waals surface area contributed by atoms with Crippen molar-refractivity contribution in [2.24, 2.45) is 5.73 Å². The molecule has 0 aliphatic heterocycles. The Labute approximate surface area is 180 Å². The fraction of sp³-hybridized carbons (Fsp3) is 0.333. The summed E-state index contributed by atoms with van der Waals surface area (Å²) in [5, 5.41) is 0. The predicted octanol–water partition coefficient (Wildman–Crippen LogP) is 6.45. The van der Waals surface area contributed by atoms with Crippen molar-refractivity contribution in [3.63, 3.8) is 0 Å². The van der Waals surface area contributed by atoms with Crippen molar-refractivity contribution in [2.75, 3.05) is 13.2 Å². The van der Waals surface area contributed by atoms with Gasteiger partial charge in [-0.15, -0.1) is 0 Å². The molecular formula is C27H33NO2. The lowest BCUT2D eigenvalue weighted by Crippen LogP contribution is -2.01. The number of nitrogens with two attached hydrogens (primary N) is 1. The highest BCUT2D eigenvalue weighted by Gasteiger charge is 2.08. The largest absolute Gasteiger partial charge is 0.493 e. The van der Waals surface area contributed by atoms with E-state index in [1.807, 2.05) is 12.1 Å². The summed E-state index contributed by atoms with van der Waals surface area (Å²) in [6, 6.07) is 23.1. The van der Waals surface area contributed by atoms with Gasteiger partial charge in [-0.25, -0.2) is 0 Å². The van der Waals surface area contributed by atoms with Crippen LogP contribution in [0.1, 0.15) is 42.4 Å². The summed E-state index contributed by atoms with van der Waals surface area (Å²) in [6.07, 6.45) is 4.48. The summed E-state index contributed by atoms with van der Waals surface area (Å²) in [5.74, 6) is 1.82. The Morgan fingerprint density at radius 1 is 0.700 bits per heavy atom. The van der Waals surface area contributed by atoms with Crippen LogP contribution in [-0.4, -0.2) is 13.2 Å². The van der Waals surface area contributed by atoms with E-state index in [0.29, 0.717) is 6.61 Å². The number of aryl methyl sites for hydroxylation is 2. The molecule has 0 radical (unpaired) electrons. The van der Waals surface area contributed by atoms with E-state index in [-0.39, 0.29) is 0 Å². The van der Waals surface area contributed by atoms with E-state index in [1.54, 1.807) is 0 Å². The number of ether oxygens (including phenoxy) is 2. The van der Waals surface area contributed by atoms with Crippen LogP contribution in [0.5, 0.6) is 11.5 Å². The molecule has 0 aliphatic carbocycles. The molecule has 3 aromatic carbocycles. The summed E-state index contributed by atoms with van der Waals surface area (Å²) in [4.78, 5) is 0. The van der Waals surface area contributed by atoms with Crippen LogP contribution in [0.15, 0.2) is 66.7 Å². The first-order valence-corrected chi connectivity index (χ1v) is 10.9. The molecular weight excluding hydrogens is 370 g/mol. The summed E-state index contributed by atoms with van der Waals surface area (Å²) < 4.78 is 12.1. The van der Waals surface area contributed by atoms with E-state index < -0.39 is 0 Å². The lowest BCUT2D eigenvalue weighted by molar-refractivity contribution is 0.305. The van der Waals surface area contributed by atoms with Crippen LogP contribution in [0.2, 0.25) is 0 Å². The number of hydrogen-bond donors (Lipinski definition) is 1. The van der Waals surface area contributed by atoms with E-state index in [9.17, 15) is 0 Å². The van der Waals surface area contributed by atoms with Gasteiger partial charge in [-0.1, -0.05) is 66.9 Å². The molecule has 0 aromatic heterocycles. The van der Waals surface area contributed by atoms with Crippen molar-refractivity contribution >= 4 is 0 Å². The van der Waals surface area contributed by atoms with E-state index in [1.165, 1.54) is 23.1 Å². The van der Waals surface area contributed by atoms with Gasteiger partial charge in [0.2, 0.25) is 0 Å². The molecule has 3 rings (SSSR count).